The van der Waals surface area contributed by atoms with Crippen molar-refractivity contribution in [2.45, 2.75) is 5.92 Å². The maximum atomic E-state index is 12.8. The number of hydrogen-bond donors (Lipinski definition) is 0. The van der Waals surface area contributed by atoms with Crippen molar-refractivity contribution in [3.8, 4) is 0 Å². The second-order valence-electron chi connectivity index (χ2n) is 4.09. The fourth-order valence-electron chi connectivity index (χ4n) is 1.70. The van der Waals surface area contributed by atoms with Crippen LogP contribution < -0.4 is 5.11 Å². The Balaban J connectivity index is 2.22. The van der Waals surface area contributed by atoms with Crippen molar-refractivity contribution < 1.29 is 28.2 Å². The Morgan fingerprint density at radius 1 is 1.10 bits per heavy atom. The van der Waals surface area contributed by atoms with Gasteiger partial charge >= 0.3 is 11.9 Å². The Labute approximate surface area is 112 Å². The summed E-state index contributed by atoms with van der Waals surface area (Å²) in [6.45, 7) is -1.56. The zero-order valence-electron chi connectivity index (χ0n) is 10.1. The minimum Gasteiger partial charge on any atom is -0.544 e. The zero-order valence-corrected chi connectivity index (χ0v) is 10.1. The first kappa shape index (κ1) is 13.9. The summed E-state index contributed by atoms with van der Waals surface area (Å²) >= 11 is 0. The molecule has 4 nitrogen and oxygen atoms in total. The van der Waals surface area contributed by atoms with Crippen molar-refractivity contribution in [3.05, 3.63) is 48.0 Å². The van der Waals surface area contributed by atoms with E-state index in [0.29, 0.717) is 5.39 Å². The molecule has 0 fully saturated rings. The summed E-state index contributed by atoms with van der Waals surface area (Å²) in [5, 5.41) is 11.4. The molecule has 0 saturated heterocycles. The first-order chi connectivity index (χ1) is 9.42. The van der Waals surface area contributed by atoms with E-state index in [9.17, 15) is 23.5 Å². The Bertz CT molecular complexity index is 662. The molecule has 0 aliphatic carbocycles. The van der Waals surface area contributed by atoms with Crippen LogP contribution in [0.2, 0.25) is 0 Å². The molecule has 0 aliphatic heterocycles. The van der Waals surface area contributed by atoms with Crippen molar-refractivity contribution in [1.82, 2.24) is 0 Å². The predicted octanol–water partition coefficient (Wildman–Crippen LogP) is 1.38. The Kier molecular flexibility index (Phi) is 3.65. The summed E-state index contributed by atoms with van der Waals surface area (Å²) < 4.78 is 29.9. The number of ether oxygens (including phenoxy) is 1. The van der Waals surface area contributed by atoms with Gasteiger partial charge in [-0.1, -0.05) is 36.4 Å². The van der Waals surface area contributed by atoms with Crippen LogP contribution in [0.15, 0.2) is 42.5 Å². The molecule has 0 amide bonds. The van der Waals surface area contributed by atoms with E-state index >= 15 is 0 Å². The van der Waals surface area contributed by atoms with Crippen LogP contribution in [0.1, 0.15) is 10.4 Å². The number of carbonyl (C=O) groups excluding carboxylic acids is 2. The van der Waals surface area contributed by atoms with Gasteiger partial charge in [0.1, 0.15) is 5.97 Å². The molecule has 0 N–H and O–H groups in total. The lowest BCUT2D eigenvalue weighted by Crippen LogP contribution is -2.45. The molecule has 2 aromatic rings. The fourth-order valence-corrected chi connectivity index (χ4v) is 1.70. The molecule has 0 spiro atoms. The summed E-state index contributed by atoms with van der Waals surface area (Å²) in [6, 6.07) is 11.6. The minimum absolute atomic E-state index is 0.0947. The highest BCUT2D eigenvalue weighted by Crippen LogP contribution is 2.20. The molecule has 0 bridgehead atoms. The van der Waals surface area contributed by atoms with Crippen LogP contribution in [0.4, 0.5) is 8.78 Å². The molecule has 0 unspecified atom stereocenters. The van der Waals surface area contributed by atoms with Gasteiger partial charge in [0.15, 0.2) is 6.61 Å². The number of rotatable bonds is 4. The number of carboxylic acid groups (broad SMARTS) is 1. The lowest BCUT2D eigenvalue weighted by Gasteiger charge is -2.17. The maximum Gasteiger partial charge on any atom is 0.338 e. The van der Waals surface area contributed by atoms with E-state index in [-0.39, 0.29) is 5.56 Å². The van der Waals surface area contributed by atoms with Crippen LogP contribution in [0.5, 0.6) is 0 Å². The molecule has 2 rings (SSSR count). The number of esters is 1. The van der Waals surface area contributed by atoms with Gasteiger partial charge in [0, 0.05) is 0 Å². The molecule has 0 aliphatic rings. The van der Waals surface area contributed by atoms with Gasteiger partial charge in [0.2, 0.25) is 0 Å². The van der Waals surface area contributed by atoms with Gasteiger partial charge in [-0.2, -0.15) is 8.78 Å². The molecular weight excluding hydrogens is 270 g/mol. The first-order valence-corrected chi connectivity index (χ1v) is 5.66. The Morgan fingerprint density at radius 3 is 2.45 bits per heavy atom. The van der Waals surface area contributed by atoms with E-state index in [4.69, 9.17) is 0 Å². The topological polar surface area (TPSA) is 66.4 Å². The SMILES string of the molecule is O=C(OCC(F)(F)C(=O)[O-])c1cccc2ccccc12. The second-order valence-corrected chi connectivity index (χ2v) is 4.09. The van der Waals surface area contributed by atoms with E-state index in [1.54, 1.807) is 36.4 Å². The molecule has 6 heteroatoms. The second kappa shape index (κ2) is 5.24. The average molecular weight is 279 g/mol. The standard InChI is InChI=1S/C14H10F2O4/c15-14(16,13(18)19)8-20-12(17)11-7-3-5-9-4-1-2-6-10(9)11/h1-7H,8H2,(H,18,19)/p-1. The van der Waals surface area contributed by atoms with Crippen molar-refractivity contribution in [1.29, 1.82) is 0 Å². The third kappa shape index (κ3) is 2.74. The molecule has 2 aromatic carbocycles. The molecule has 104 valence electrons. The number of alkyl halides is 2. The third-order valence-corrected chi connectivity index (χ3v) is 2.69. The lowest BCUT2D eigenvalue weighted by molar-refractivity contribution is -0.331. The summed E-state index contributed by atoms with van der Waals surface area (Å²) in [4.78, 5) is 21.9. The summed E-state index contributed by atoms with van der Waals surface area (Å²) in [7, 11) is 0. The number of aliphatic carboxylic acids is 1. The molecule has 0 atom stereocenters. The number of fused-ring (bicyclic) bond motifs is 1. The van der Waals surface area contributed by atoms with Crippen molar-refractivity contribution in [2.24, 2.45) is 0 Å². The molecule has 0 radical (unpaired) electrons. The van der Waals surface area contributed by atoms with Crippen LogP contribution in [0, 0.1) is 0 Å². The van der Waals surface area contributed by atoms with Crippen LogP contribution in [-0.2, 0) is 9.53 Å². The zero-order chi connectivity index (χ0) is 14.8. The normalized spacial score (nSPS) is 11.3. The fraction of sp³-hybridized carbons (Fsp3) is 0.143. The van der Waals surface area contributed by atoms with Gasteiger partial charge < -0.3 is 14.6 Å². The summed E-state index contributed by atoms with van der Waals surface area (Å²) in [6.07, 6.45) is 0. The van der Waals surface area contributed by atoms with Gasteiger partial charge in [-0.05, 0) is 16.8 Å². The quantitative estimate of drug-likeness (QED) is 0.793. The third-order valence-electron chi connectivity index (χ3n) is 2.69. The first-order valence-electron chi connectivity index (χ1n) is 5.66. The summed E-state index contributed by atoms with van der Waals surface area (Å²) in [5.41, 5.74) is 0.0947. The van der Waals surface area contributed by atoms with Gasteiger partial charge in [-0.25, -0.2) is 4.79 Å². The van der Waals surface area contributed by atoms with Crippen LogP contribution in [-0.4, -0.2) is 24.5 Å². The lowest BCUT2D eigenvalue weighted by atomic mass is 10.1. The highest BCUT2D eigenvalue weighted by Gasteiger charge is 2.33. The monoisotopic (exact) mass is 279 g/mol. The number of carboxylic acids is 1. The number of halogens is 2. The van der Waals surface area contributed by atoms with Crippen LogP contribution in [0.25, 0.3) is 10.8 Å². The minimum atomic E-state index is -4.21. The molecule has 0 aromatic heterocycles. The largest absolute Gasteiger partial charge is 0.544 e. The van der Waals surface area contributed by atoms with Crippen molar-refractivity contribution in [2.75, 3.05) is 6.61 Å². The van der Waals surface area contributed by atoms with Gasteiger partial charge in [-0.3, -0.25) is 0 Å². The number of hydrogen-bond acceptors (Lipinski definition) is 4. The Morgan fingerprint density at radius 2 is 1.75 bits per heavy atom. The van der Waals surface area contributed by atoms with E-state index in [1.165, 1.54) is 6.07 Å². The van der Waals surface area contributed by atoms with Gasteiger partial charge in [0.05, 0.1) is 5.56 Å². The highest BCUT2D eigenvalue weighted by atomic mass is 19.3. The van der Waals surface area contributed by atoms with Crippen LogP contribution in [0.3, 0.4) is 0 Å². The van der Waals surface area contributed by atoms with Gasteiger partial charge in [-0.15, -0.1) is 0 Å². The summed E-state index contributed by atoms with van der Waals surface area (Å²) in [5.74, 6) is -7.80. The molecule has 0 heterocycles. The highest BCUT2D eigenvalue weighted by molar-refractivity contribution is 6.04. The van der Waals surface area contributed by atoms with E-state index in [2.05, 4.69) is 4.74 Å². The number of benzene rings is 2. The van der Waals surface area contributed by atoms with Gasteiger partial charge in [0.25, 0.3) is 0 Å². The molecule has 20 heavy (non-hydrogen) atoms. The predicted molar refractivity (Wildman–Crippen MR) is 64.2 cm³/mol. The van der Waals surface area contributed by atoms with Crippen molar-refractivity contribution >= 4 is 22.7 Å². The van der Waals surface area contributed by atoms with Crippen LogP contribution >= 0.6 is 0 Å². The Hall–Kier alpha value is -2.50. The maximum absolute atomic E-state index is 12.8. The molecule has 0 saturated carbocycles. The van der Waals surface area contributed by atoms with Crippen molar-refractivity contribution in [3.63, 3.8) is 0 Å². The van der Waals surface area contributed by atoms with E-state index in [1.807, 2.05) is 0 Å². The van der Waals surface area contributed by atoms with E-state index in [0.717, 1.165) is 5.39 Å². The average Bonchev–Trinajstić information content (AvgIpc) is 2.44. The smallest absolute Gasteiger partial charge is 0.338 e. The van der Waals surface area contributed by atoms with E-state index < -0.39 is 24.5 Å². The molecular formula is C14H9F2O4-. The number of carbonyl (C=O) groups is 2.